The third kappa shape index (κ3) is 2.76. The first-order valence-electron chi connectivity index (χ1n) is 5.61. The van der Waals surface area contributed by atoms with Crippen LogP contribution in [-0.2, 0) is 0 Å². The normalized spacial score (nSPS) is 15.5. The second-order valence-corrected chi connectivity index (χ2v) is 3.89. The van der Waals surface area contributed by atoms with Gasteiger partial charge in [0.15, 0.2) is 0 Å². The van der Waals surface area contributed by atoms with E-state index in [0.717, 1.165) is 0 Å². The molecule has 3 heteroatoms. The van der Waals surface area contributed by atoms with Crippen LogP contribution in [0.15, 0.2) is 56.2 Å². The van der Waals surface area contributed by atoms with Crippen molar-refractivity contribution in [3.05, 3.63) is 72.9 Å². The van der Waals surface area contributed by atoms with Crippen LogP contribution in [0.25, 0.3) is 0 Å². The molecule has 18 heavy (non-hydrogen) atoms. The molecule has 1 aromatic rings. The zero-order chi connectivity index (χ0) is 13.7. The van der Waals surface area contributed by atoms with Crippen molar-refractivity contribution < 1.29 is 15.3 Å². The molecule has 0 radical (unpaired) electrons. The Labute approximate surface area is 107 Å². The Hall–Kier alpha value is -1.68. The van der Waals surface area contributed by atoms with E-state index in [1.165, 1.54) is 18.2 Å². The maximum Gasteiger partial charge on any atom is 0.0976 e. The summed E-state index contributed by atoms with van der Waals surface area (Å²) in [6.45, 7) is 10.6. The van der Waals surface area contributed by atoms with E-state index in [-0.39, 0.29) is 0 Å². The van der Waals surface area contributed by atoms with E-state index in [1.807, 2.05) is 0 Å². The average Bonchev–Trinajstić information content (AvgIpc) is 2.43. The fourth-order valence-electron chi connectivity index (χ4n) is 1.83. The number of rotatable bonds is 6. The highest BCUT2D eigenvalue weighted by molar-refractivity contribution is 5.43. The van der Waals surface area contributed by atoms with Crippen molar-refractivity contribution in [1.82, 2.24) is 0 Å². The lowest BCUT2D eigenvalue weighted by Crippen LogP contribution is -2.09. The highest BCUT2D eigenvalue weighted by Crippen LogP contribution is 2.32. The third-order valence-corrected chi connectivity index (χ3v) is 2.78. The molecule has 3 unspecified atom stereocenters. The first kappa shape index (κ1) is 14.4. The molecule has 0 heterocycles. The second kappa shape index (κ2) is 6.31. The molecule has 0 aliphatic carbocycles. The molecule has 3 nitrogen and oxygen atoms in total. The van der Waals surface area contributed by atoms with Gasteiger partial charge in [-0.1, -0.05) is 36.4 Å². The van der Waals surface area contributed by atoms with Gasteiger partial charge in [-0.3, -0.25) is 0 Å². The van der Waals surface area contributed by atoms with Crippen LogP contribution in [0.2, 0.25) is 0 Å². The molecule has 0 amide bonds. The fourth-order valence-corrected chi connectivity index (χ4v) is 1.83. The summed E-state index contributed by atoms with van der Waals surface area (Å²) in [4.78, 5) is 0. The molecular formula is C15H18O3. The highest BCUT2D eigenvalue weighted by Gasteiger charge is 2.20. The Morgan fingerprint density at radius 2 is 1.17 bits per heavy atom. The van der Waals surface area contributed by atoms with Gasteiger partial charge in [0.05, 0.1) is 18.3 Å². The van der Waals surface area contributed by atoms with Gasteiger partial charge in [0.25, 0.3) is 0 Å². The van der Waals surface area contributed by atoms with E-state index < -0.39 is 18.3 Å². The van der Waals surface area contributed by atoms with Crippen LogP contribution in [0.3, 0.4) is 0 Å². The molecule has 1 rings (SSSR count). The minimum absolute atomic E-state index is 0.437. The van der Waals surface area contributed by atoms with Crippen LogP contribution < -0.4 is 0 Å². The Balaban J connectivity index is 3.48. The number of hydrogen-bond donors (Lipinski definition) is 3. The summed E-state index contributed by atoms with van der Waals surface area (Å²) in [5.41, 5.74) is 1.43. The average molecular weight is 246 g/mol. The van der Waals surface area contributed by atoms with Crippen LogP contribution in [0.1, 0.15) is 35.0 Å². The lowest BCUT2D eigenvalue weighted by Gasteiger charge is -2.21. The van der Waals surface area contributed by atoms with E-state index in [4.69, 9.17) is 0 Å². The van der Waals surface area contributed by atoms with Gasteiger partial charge in [-0.05, 0) is 16.7 Å². The van der Waals surface area contributed by atoms with Crippen LogP contribution in [0, 0.1) is 0 Å². The van der Waals surface area contributed by atoms with Crippen molar-refractivity contribution in [3.8, 4) is 0 Å². The number of hydrogen-bond acceptors (Lipinski definition) is 3. The highest BCUT2D eigenvalue weighted by atomic mass is 16.3. The van der Waals surface area contributed by atoms with Crippen molar-refractivity contribution in [3.63, 3.8) is 0 Å². The number of aliphatic hydroxyl groups excluding tert-OH is 3. The monoisotopic (exact) mass is 246 g/mol. The van der Waals surface area contributed by atoms with Gasteiger partial charge in [0.2, 0.25) is 0 Å². The molecule has 0 spiro atoms. The molecule has 0 bridgehead atoms. The van der Waals surface area contributed by atoms with Gasteiger partial charge in [0.1, 0.15) is 0 Å². The zero-order valence-corrected chi connectivity index (χ0v) is 10.2. The minimum Gasteiger partial charge on any atom is -0.384 e. The van der Waals surface area contributed by atoms with Crippen LogP contribution in [-0.4, -0.2) is 15.3 Å². The molecule has 0 aliphatic rings. The quantitative estimate of drug-likeness (QED) is 0.675. The third-order valence-electron chi connectivity index (χ3n) is 2.78. The van der Waals surface area contributed by atoms with E-state index >= 15 is 0 Å². The summed E-state index contributed by atoms with van der Waals surface area (Å²) in [6, 6.07) is 5.05. The van der Waals surface area contributed by atoms with E-state index in [2.05, 4.69) is 19.7 Å². The molecule has 0 aromatic heterocycles. The summed E-state index contributed by atoms with van der Waals surface area (Å²) >= 11 is 0. The van der Waals surface area contributed by atoms with Crippen molar-refractivity contribution in [1.29, 1.82) is 0 Å². The molecule has 0 fully saturated rings. The Bertz CT molecular complexity index is 419. The Morgan fingerprint density at radius 1 is 0.778 bits per heavy atom. The predicted octanol–water partition coefficient (Wildman–Crippen LogP) is 2.34. The van der Waals surface area contributed by atoms with Crippen molar-refractivity contribution in [2.24, 2.45) is 0 Å². The standard InChI is InChI=1S/C15H18O3/c1-4-12(16)10-8-7-9-11(13(17)5-2)15(10)14(18)6-3/h4-9,12-14,16-18H,1-3H2. The summed E-state index contributed by atoms with van der Waals surface area (Å²) in [7, 11) is 0. The summed E-state index contributed by atoms with van der Waals surface area (Å²) in [5, 5.41) is 29.7. The molecule has 0 aliphatic heterocycles. The van der Waals surface area contributed by atoms with E-state index in [0.29, 0.717) is 16.7 Å². The first-order chi connectivity index (χ1) is 8.56. The van der Waals surface area contributed by atoms with Gasteiger partial charge >= 0.3 is 0 Å². The SMILES string of the molecule is C=CC(O)c1cccc(C(O)C=C)c1C(O)C=C. The molecule has 3 N–H and O–H groups in total. The first-order valence-corrected chi connectivity index (χ1v) is 5.61. The Morgan fingerprint density at radius 3 is 1.50 bits per heavy atom. The minimum atomic E-state index is -0.972. The smallest absolute Gasteiger partial charge is 0.0976 e. The molecule has 96 valence electrons. The molecule has 0 saturated carbocycles. The fraction of sp³-hybridized carbons (Fsp3) is 0.200. The summed E-state index contributed by atoms with van der Waals surface area (Å²) in [5.74, 6) is 0. The van der Waals surface area contributed by atoms with Crippen LogP contribution in [0.4, 0.5) is 0 Å². The number of aliphatic hydroxyl groups is 3. The molecule has 1 aromatic carbocycles. The van der Waals surface area contributed by atoms with Crippen molar-refractivity contribution in [2.75, 3.05) is 0 Å². The summed E-state index contributed by atoms with van der Waals surface area (Å²) in [6.07, 6.45) is 1.27. The van der Waals surface area contributed by atoms with Crippen molar-refractivity contribution >= 4 is 0 Å². The predicted molar refractivity (Wildman–Crippen MR) is 71.9 cm³/mol. The maximum atomic E-state index is 9.97. The lowest BCUT2D eigenvalue weighted by atomic mass is 9.90. The zero-order valence-electron chi connectivity index (χ0n) is 10.2. The molecular weight excluding hydrogens is 228 g/mol. The molecule has 3 atom stereocenters. The molecule has 0 saturated heterocycles. The van der Waals surface area contributed by atoms with Gasteiger partial charge in [-0.2, -0.15) is 0 Å². The largest absolute Gasteiger partial charge is 0.384 e. The lowest BCUT2D eigenvalue weighted by molar-refractivity contribution is 0.192. The maximum absolute atomic E-state index is 9.97. The van der Waals surface area contributed by atoms with E-state index in [1.54, 1.807) is 18.2 Å². The second-order valence-electron chi connectivity index (χ2n) is 3.89. The van der Waals surface area contributed by atoms with E-state index in [9.17, 15) is 15.3 Å². The number of benzene rings is 1. The van der Waals surface area contributed by atoms with Crippen molar-refractivity contribution in [2.45, 2.75) is 18.3 Å². The van der Waals surface area contributed by atoms with Crippen LogP contribution >= 0.6 is 0 Å². The summed E-state index contributed by atoms with van der Waals surface area (Å²) < 4.78 is 0. The van der Waals surface area contributed by atoms with Gasteiger partial charge in [-0.25, -0.2) is 0 Å². The van der Waals surface area contributed by atoms with Crippen LogP contribution in [0.5, 0.6) is 0 Å². The topological polar surface area (TPSA) is 60.7 Å². The van der Waals surface area contributed by atoms with Gasteiger partial charge in [-0.15, -0.1) is 19.7 Å². The van der Waals surface area contributed by atoms with Gasteiger partial charge < -0.3 is 15.3 Å². The Kier molecular flexibility index (Phi) is 5.04. The van der Waals surface area contributed by atoms with Gasteiger partial charge in [0, 0.05) is 0 Å².